The zero-order valence-corrected chi connectivity index (χ0v) is 32.1. The molecule has 0 atom stereocenters. The summed E-state index contributed by atoms with van der Waals surface area (Å²) < 4.78 is 4.89. The van der Waals surface area contributed by atoms with E-state index in [4.69, 9.17) is 21.5 Å². The van der Waals surface area contributed by atoms with Crippen LogP contribution < -0.4 is 10.6 Å². The minimum atomic E-state index is 0.585. The molecule has 3 heterocycles. The summed E-state index contributed by atoms with van der Waals surface area (Å²) in [7, 11) is 0. The highest BCUT2D eigenvalue weighted by molar-refractivity contribution is 7.25. The molecule has 3 aromatic heterocycles. The number of aromatic nitrogens is 4. The standard InChI is InChI=1S/C52H36N4S/c1-3-4-24-39-34(2)56(45-29-17-26-40(48(39)45)38-31-32-43-42-25-14-15-30-46(42)57-47(43)33-38)49-41(35-18-8-5-9-19-35)27-16-28-44(49)52-54-50(36-20-10-6-11-21-36)53-51(55-52)37-22-12-7-13-23-37/h3-33H,2H2,1H3/b4-3-,39-24+. The normalized spacial score (nSPS) is 12.1. The lowest BCUT2D eigenvalue weighted by Gasteiger charge is -2.18. The molecule has 0 bridgehead atoms. The van der Waals surface area contributed by atoms with E-state index in [9.17, 15) is 0 Å². The Kier molecular flexibility index (Phi) is 8.70. The fourth-order valence-corrected chi connectivity index (χ4v) is 9.07. The number of benzene rings is 7. The summed E-state index contributed by atoms with van der Waals surface area (Å²) in [5, 5.41) is 5.66. The summed E-state index contributed by atoms with van der Waals surface area (Å²) in [6.45, 7) is 6.90. The zero-order valence-electron chi connectivity index (χ0n) is 31.3. The second kappa shape index (κ2) is 14.5. The molecule has 10 aromatic rings. The Bertz CT molecular complexity index is 3200. The molecule has 0 radical (unpaired) electrons. The first-order chi connectivity index (χ1) is 28.2. The minimum absolute atomic E-state index is 0.585. The number of rotatable bonds is 7. The zero-order chi connectivity index (χ0) is 38.3. The second-order valence-corrected chi connectivity index (χ2v) is 15.1. The van der Waals surface area contributed by atoms with Crippen molar-refractivity contribution in [3.8, 4) is 62.1 Å². The van der Waals surface area contributed by atoms with Crippen LogP contribution in [0.3, 0.4) is 0 Å². The quantitative estimate of drug-likeness (QED) is 0.163. The Morgan fingerprint density at radius 2 is 1.09 bits per heavy atom. The first-order valence-electron chi connectivity index (χ1n) is 19.1. The molecule has 0 saturated heterocycles. The maximum Gasteiger partial charge on any atom is 0.166 e. The van der Waals surface area contributed by atoms with Gasteiger partial charge in [-0.05, 0) is 47.9 Å². The Balaban J connectivity index is 1.29. The van der Waals surface area contributed by atoms with E-state index in [-0.39, 0.29) is 0 Å². The van der Waals surface area contributed by atoms with E-state index >= 15 is 0 Å². The predicted octanol–water partition coefficient (Wildman–Crippen LogP) is 12.3. The van der Waals surface area contributed by atoms with E-state index in [0.29, 0.717) is 17.5 Å². The molecule has 57 heavy (non-hydrogen) atoms. The Hall–Kier alpha value is -7.21. The highest BCUT2D eigenvalue weighted by Gasteiger charge is 2.22. The van der Waals surface area contributed by atoms with Gasteiger partial charge in [0.15, 0.2) is 17.5 Å². The van der Waals surface area contributed by atoms with Crippen LogP contribution in [0.2, 0.25) is 0 Å². The third-order valence-corrected chi connectivity index (χ3v) is 11.7. The summed E-state index contributed by atoms with van der Waals surface area (Å²) in [5.41, 5.74) is 9.19. The van der Waals surface area contributed by atoms with Gasteiger partial charge < -0.3 is 4.57 Å². The largest absolute Gasteiger partial charge is 0.308 e. The van der Waals surface area contributed by atoms with E-state index in [0.717, 1.165) is 60.5 Å². The molecular weight excluding hydrogens is 713 g/mol. The number of thiophene rings is 1. The van der Waals surface area contributed by atoms with Crippen LogP contribution in [0.25, 0.3) is 106 Å². The van der Waals surface area contributed by atoms with Crippen molar-refractivity contribution < 1.29 is 0 Å². The number of allylic oxidation sites excluding steroid dienone is 2. The summed E-state index contributed by atoms with van der Waals surface area (Å²) in [5.74, 6) is 1.81. The highest BCUT2D eigenvalue weighted by Crippen LogP contribution is 2.40. The Labute approximate surface area is 334 Å². The van der Waals surface area contributed by atoms with Gasteiger partial charge in [0.05, 0.1) is 11.2 Å². The van der Waals surface area contributed by atoms with E-state index in [1.165, 1.54) is 25.7 Å². The molecule has 0 fully saturated rings. The Morgan fingerprint density at radius 3 is 1.79 bits per heavy atom. The molecule has 10 rings (SSSR count). The van der Waals surface area contributed by atoms with Crippen molar-refractivity contribution in [2.45, 2.75) is 6.92 Å². The van der Waals surface area contributed by atoms with Crippen molar-refractivity contribution in [3.05, 3.63) is 193 Å². The van der Waals surface area contributed by atoms with Crippen molar-refractivity contribution in [1.29, 1.82) is 0 Å². The molecule has 0 N–H and O–H groups in total. The lowest BCUT2D eigenvalue weighted by molar-refractivity contribution is 1.04. The molecule has 0 spiro atoms. The molecule has 0 saturated carbocycles. The molecular formula is C52H36N4S. The molecule has 4 nitrogen and oxygen atoms in total. The van der Waals surface area contributed by atoms with Crippen LogP contribution in [-0.4, -0.2) is 19.5 Å². The number of hydrogen-bond donors (Lipinski definition) is 0. The summed E-state index contributed by atoms with van der Waals surface area (Å²) in [4.78, 5) is 15.5. The van der Waals surface area contributed by atoms with Crippen molar-refractivity contribution in [2.75, 3.05) is 0 Å². The monoisotopic (exact) mass is 748 g/mol. The number of para-hydroxylation sites is 1. The predicted molar refractivity (Wildman–Crippen MR) is 241 cm³/mol. The van der Waals surface area contributed by atoms with Crippen LogP contribution in [0.1, 0.15) is 6.92 Å². The van der Waals surface area contributed by atoms with Crippen molar-refractivity contribution >= 4 is 55.1 Å². The third-order valence-electron chi connectivity index (χ3n) is 10.6. The smallest absolute Gasteiger partial charge is 0.166 e. The molecule has 0 aliphatic heterocycles. The van der Waals surface area contributed by atoms with Crippen molar-refractivity contribution in [2.24, 2.45) is 0 Å². The summed E-state index contributed by atoms with van der Waals surface area (Å²) in [6, 6.07) is 59.4. The fourth-order valence-electron chi connectivity index (χ4n) is 7.93. The van der Waals surface area contributed by atoms with Gasteiger partial charge in [-0.25, -0.2) is 15.0 Å². The molecule has 0 unspecified atom stereocenters. The van der Waals surface area contributed by atoms with Crippen LogP contribution in [-0.2, 0) is 0 Å². The van der Waals surface area contributed by atoms with Gasteiger partial charge in [0.2, 0.25) is 0 Å². The second-order valence-electron chi connectivity index (χ2n) is 14.0. The van der Waals surface area contributed by atoms with Gasteiger partial charge in [0.25, 0.3) is 0 Å². The van der Waals surface area contributed by atoms with E-state index in [1.54, 1.807) is 0 Å². The van der Waals surface area contributed by atoms with E-state index in [1.807, 2.05) is 78.9 Å². The molecule has 0 amide bonds. The summed E-state index contributed by atoms with van der Waals surface area (Å²) >= 11 is 1.84. The van der Waals surface area contributed by atoms with E-state index < -0.39 is 0 Å². The number of fused-ring (bicyclic) bond motifs is 4. The van der Waals surface area contributed by atoms with Crippen LogP contribution >= 0.6 is 11.3 Å². The van der Waals surface area contributed by atoms with Gasteiger partial charge in [0, 0.05) is 58.4 Å². The van der Waals surface area contributed by atoms with Crippen LogP contribution in [0.15, 0.2) is 182 Å². The number of hydrogen-bond acceptors (Lipinski definition) is 4. The van der Waals surface area contributed by atoms with Crippen molar-refractivity contribution in [3.63, 3.8) is 0 Å². The Morgan fingerprint density at radius 1 is 0.509 bits per heavy atom. The van der Waals surface area contributed by atoms with Crippen LogP contribution in [0, 0.1) is 0 Å². The lowest BCUT2D eigenvalue weighted by atomic mass is 9.98. The van der Waals surface area contributed by atoms with Gasteiger partial charge in [-0.3, -0.25) is 0 Å². The van der Waals surface area contributed by atoms with Gasteiger partial charge >= 0.3 is 0 Å². The fraction of sp³-hybridized carbons (Fsp3) is 0.0192. The maximum absolute atomic E-state index is 5.22. The van der Waals surface area contributed by atoms with Gasteiger partial charge in [-0.15, -0.1) is 11.3 Å². The molecule has 270 valence electrons. The van der Waals surface area contributed by atoms with Gasteiger partial charge in [0.1, 0.15) is 0 Å². The number of nitrogens with zero attached hydrogens (tertiary/aromatic N) is 4. The average molecular weight is 749 g/mol. The first kappa shape index (κ1) is 34.3. The molecule has 7 aromatic carbocycles. The summed E-state index contributed by atoms with van der Waals surface area (Å²) in [6.07, 6.45) is 6.37. The third kappa shape index (κ3) is 6.06. The van der Waals surface area contributed by atoms with Crippen LogP contribution in [0.4, 0.5) is 0 Å². The van der Waals surface area contributed by atoms with E-state index in [2.05, 4.69) is 132 Å². The first-order valence-corrected chi connectivity index (χ1v) is 19.9. The molecule has 5 heteroatoms. The highest BCUT2D eigenvalue weighted by atomic mass is 32.1. The topological polar surface area (TPSA) is 43.6 Å². The van der Waals surface area contributed by atoms with Gasteiger partial charge in [-0.1, -0.05) is 170 Å². The molecule has 0 aliphatic rings. The van der Waals surface area contributed by atoms with Crippen molar-refractivity contribution in [1.82, 2.24) is 19.5 Å². The van der Waals surface area contributed by atoms with Crippen LogP contribution in [0.5, 0.6) is 0 Å². The lowest BCUT2D eigenvalue weighted by Crippen LogP contribution is -2.27. The maximum atomic E-state index is 5.22. The molecule has 0 aliphatic carbocycles. The average Bonchev–Trinajstić information content (AvgIpc) is 3.79. The minimum Gasteiger partial charge on any atom is -0.308 e. The SMILES string of the molecule is C=c1/c(=C\C=C/C)c2c(-c3ccc4c(c3)sc3ccccc34)cccc2n1-c1c(-c2ccccc2)cccc1-c1nc(-c2ccccc2)nc(-c2ccccc2)n1. The van der Waals surface area contributed by atoms with Gasteiger partial charge in [-0.2, -0.15) is 0 Å².